The van der Waals surface area contributed by atoms with Crippen molar-refractivity contribution in [2.24, 2.45) is 0 Å². The monoisotopic (exact) mass is 386 g/mol. The first-order chi connectivity index (χ1) is 12.8. The van der Waals surface area contributed by atoms with E-state index in [0.717, 1.165) is 37.9 Å². The molecule has 0 atom stereocenters. The molecule has 2 aromatic rings. The lowest BCUT2D eigenvalue weighted by molar-refractivity contribution is 0.197. The van der Waals surface area contributed by atoms with Crippen molar-refractivity contribution in [1.82, 2.24) is 4.90 Å². The number of nitrogens with zero attached hydrogens (tertiary/aromatic N) is 1. The summed E-state index contributed by atoms with van der Waals surface area (Å²) in [6.07, 6.45) is 5.66. The van der Waals surface area contributed by atoms with Crippen LogP contribution in [0.5, 0.6) is 5.75 Å². The van der Waals surface area contributed by atoms with Crippen LogP contribution in [0, 0.1) is 0 Å². The molecular weight excluding hydrogens is 356 g/mol. The highest BCUT2D eigenvalue weighted by Crippen LogP contribution is 2.46. The van der Waals surface area contributed by atoms with Gasteiger partial charge in [0.05, 0.1) is 0 Å². The van der Waals surface area contributed by atoms with E-state index in [1.54, 1.807) is 12.1 Å². The Morgan fingerprint density at radius 2 is 1.70 bits per heavy atom. The van der Waals surface area contributed by atoms with Crippen molar-refractivity contribution in [2.45, 2.75) is 50.0 Å². The molecule has 0 saturated heterocycles. The summed E-state index contributed by atoms with van der Waals surface area (Å²) in [6, 6.07) is 16.2. The molecule has 0 aromatic heterocycles. The molecule has 0 aliphatic heterocycles. The number of aromatic hydroxyl groups is 1. The Bertz CT molecular complexity index is 732. The molecule has 4 heteroatoms. The second-order valence-corrected chi connectivity index (χ2v) is 9.02. The standard InChI is InChI=1S/C23H31ClN2O/c1-22(25-20-15-19(24)16-21(27)17-20)9-11-23(12-10-22,13-14-26(2)3)18-7-5-4-6-8-18/h4-8,15-17,25,27H,9-14H2,1-3H3. The molecule has 0 heterocycles. The van der Waals surface area contributed by atoms with Crippen molar-refractivity contribution < 1.29 is 5.11 Å². The van der Waals surface area contributed by atoms with Crippen LogP contribution in [0.1, 0.15) is 44.6 Å². The van der Waals surface area contributed by atoms with Crippen LogP contribution in [0.3, 0.4) is 0 Å². The molecule has 0 radical (unpaired) electrons. The highest BCUT2D eigenvalue weighted by atomic mass is 35.5. The van der Waals surface area contributed by atoms with Crippen molar-refractivity contribution in [1.29, 1.82) is 0 Å². The molecule has 0 spiro atoms. The third-order valence-corrected chi connectivity index (χ3v) is 6.28. The molecule has 1 aliphatic carbocycles. The maximum absolute atomic E-state index is 9.83. The molecule has 1 fully saturated rings. The van der Waals surface area contributed by atoms with Crippen LogP contribution in [-0.4, -0.2) is 36.2 Å². The maximum atomic E-state index is 9.83. The molecule has 0 bridgehead atoms. The molecule has 0 unspecified atom stereocenters. The van der Waals surface area contributed by atoms with E-state index < -0.39 is 0 Å². The average Bonchev–Trinajstić information content (AvgIpc) is 2.61. The fourth-order valence-corrected chi connectivity index (χ4v) is 4.54. The van der Waals surface area contributed by atoms with Crippen LogP contribution >= 0.6 is 11.6 Å². The van der Waals surface area contributed by atoms with Gasteiger partial charge in [0.25, 0.3) is 0 Å². The Labute approximate surface area is 168 Å². The number of benzene rings is 2. The summed E-state index contributed by atoms with van der Waals surface area (Å²) in [5.74, 6) is 0.203. The fraction of sp³-hybridized carbons (Fsp3) is 0.478. The number of hydrogen-bond donors (Lipinski definition) is 2. The molecular formula is C23H31ClN2O. The molecule has 1 aliphatic rings. The predicted octanol–water partition coefficient (Wildman–Crippen LogP) is 5.68. The molecule has 3 rings (SSSR count). The second kappa shape index (κ2) is 8.12. The number of halogens is 1. The summed E-state index contributed by atoms with van der Waals surface area (Å²) in [5.41, 5.74) is 2.61. The van der Waals surface area contributed by atoms with E-state index in [4.69, 9.17) is 11.6 Å². The molecule has 3 nitrogen and oxygen atoms in total. The van der Waals surface area contributed by atoms with E-state index in [2.05, 4.69) is 61.6 Å². The zero-order valence-corrected chi connectivity index (χ0v) is 17.4. The minimum atomic E-state index is 0.00746. The van der Waals surface area contributed by atoms with Gasteiger partial charge in [-0.1, -0.05) is 41.9 Å². The van der Waals surface area contributed by atoms with Gasteiger partial charge in [-0.3, -0.25) is 0 Å². The lowest BCUT2D eigenvalue weighted by Gasteiger charge is -2.46. The van der Waals surface area contributed by atoms with Gasteiger partial charge >= 0.3 is 0 Å². The minimum Gasteiger partial charge on any atom is -0.508 e. The molecule has 0 amide bonds. The largest absolute Gasteiger partial charge is 0.508 e. The van der Waals surface area contributed by atoms with E-state index in [9.17, 15) is 5.11 Å². The third-order valence-electron chi connectivity index (χ3n) is 6.06. The third kappa shape index (κ3) is 4.97. The van der Waals surface area contributed by atoms with Crippen molar-refractivity contribution >= 4 is 17.3 Å². The summed E-state index contributed by atoms with van der Waals surface area (Å²) in [5, 5.41) is 14.0. The van der Waals surface area contributed by atoms with Crippen LogP contribution in [0.4, 0.5) is 5.69 Å². The van der Waals surface area contributed by atoms with E-state index in [1.165, 1.54) is 12.0 Å². The van der Waals surface area contributed by atoms with Crippen molar-refractivity contribution in [3.05, 3.63) is 59.1 Å². The number of anilines is 1. The summed E-state index contributed by atoms with van der Waals surface area (Å²) in [7, 11) is 4.30. The Balaban J connectivity index is 1.76. The van der Waals surface area contributed by atoms with E-state index in [1.807, 2.05) is 6.07 Å². The Morgan fingerprint density at radius 1 is 1.04 bits per heavy atom. The van der Waals surface area contributed by atoms with Gasteiger partial charge in [0.15, 0.2) is 0 Å². The van der Waals surface area contributed by atoms with Gasteiger partial charge in [-0.05, 0) is 82.8 Å². The van der Waals surface area contributed by atoms with Crippen LogP contribution in [0.25, 0.3) is 0 Å². The van der Waals surface area contributed by atoms with Gasteiger partial charge < -0.3 is 15.3 Å². The first-order valence-corrected chi connectivity index (χ1v) is 10.2. The molecule has 27 heavy (non-hydrogen) atoms. The number of nitrogens with one attached hydrogen (secondary N) is 1. The second-order valence-electron chi connectivity index (χ2n) is 8.58. The zero-order chi connectivity index (χ0) is 19.5. The first kappa shape index (κ1) is 20.0. The molecule has 1 saturated carbocycles. The quantitative estimate of drug-likeness (QED) is 0.670. The van der Waals surface area contributed by atoms with Gasteiger partial charge in [-0.25, -0.2) is 0 Å². The number of rotatable bonds is 6. The maximum Gasteiger partial charge on any atom is 0.119 e. The van der Waals surface area contributed by atoms with Crippen molar-refractivity contribution in [2.75, 3.05) is 26.0 Å². The van der Waals surface area contributed by atoms with E-state index >= 15 is 0 Å². The Hall–Kier alpha value is -1.71. The van der Waals surface area contributed by atoms with E-state index in [0.29, 0.717) is 5.02 Å². The number of phenolic OH excluding ortho intramolecular Hbond substituents is 1. The van der Waals surface area contributed by atoms with Crippen LogP contribution in [0.2, 0.25) is 5.02 Å². The summed E-state index contributed by atoms with van der Waals surface area (Å²) in [4.78, 5) is 2.28. The van der Waals surface area contributed by atoms with Gasteiger partial charge in [-0.15, -0.1) is 0 Å². The number of phenols is 1. The highest BCUT2D eigenvalue weighted by Gasteiger charge is 2.41. The highest BCUT2D eigenvalue weighted by molar-refractivity contribution is 6.31. The molecule has 2 aromatic carbocycles. The first-order valence-electron chi connectivity index (χ1n) is 9.78. The molecule has 146 valence electrons. The van der Waals surface area contributed by atoms with Crippen LogP contribution < -0.4 is 5.32 Å². The SMILES string of the molecule is CN(C)CCC1(c2ccccc2)CCC(C)(Nc2cc(O)cc(Cl)c2)CC1. The lowest BCUT2D eigenvalue weighted by atomic mass is 9.63. The fourth-order valence-electron chi connectivity index (χ4n) is 4.31. The predicted molar refractivity (Wildman–Crippen MR) is 115 cm³/mol. The summed E-state index contributed by atoms with van der Waals surface area (Å²) >= 11 is 6.10. The van der Waals surface area contributed by atoms with Crippen LogP contribution in [0.15, 0.2) is 48.5 Å². The van der Waals surface area contributed by atoms with Crippen molar-refractivity contribution in [3.63, 3.8) is 0 Å². The smallest absolute Gasteiger partial charge is 0.119 e. The Kier molecular flexibility index (Phi) is 6.02. The lowest BCUT2D eigenvalue weighted by Crippen LogP contribution is -2.45. The number of hydrogen-bond acceptors (Lipinski definition) is 3. The summed E-state index contributed by atoms with van der Waals surface area (Å²) < 4.78 is 0. The normalized spacial score (nSPS) is 25.5. The van der Waals surface area contributed by atoms with Crippen molar-refractivity contribution in [3.8, 4) is 5.75 Å². The zero-order valence-electron chi connectivity index (χ0n) is 16.6. The molecule has 2 N–H and O–H groups in total. The summed E-state index contributed by atoms with van der Waals surface area (Å²) in [6.45, 7) is 3.38. The Morgan fingerprint density at radius 3 is 2.30 bits per heavy atom. The van der Waals surface area contributed by atoms with Gasteiger partial charge in [0.1, 0.15) is 5.75 Å². The van der Waals surface area contributed by atoms with Crippen LogP contribution in [-0.2, 0) is 5.41 Å². The minimum absolute atomic E-state index is 0.00746. The topological polar surface area (TPSA) is 35.5 Å². The van der Waals surface area contributed by atoms with Gasteiger partial charge in [-0.2, -0.15) is 0 Å². The van der Waals surface area contributed by atoms with Gasteiger partial charge in [0.2, 0.25) is 0 Å². The van der Waals surface area contributed by atoms with E-state index in [-0.39, 0.29) is 16.7 Å². The van der Waals surface area contributed by atoms with Gasteiger partial charge in [0, 0.05) is 22.3 Å². The average molecular weight is 387 g/mol.